The van der Waals surface area contributed by atoms with Crippen LogP contribution in [0.4, 0.5) is 0 Å². The van der Waals surface area contributed by atoms with Gasteiger partial charge in [-0.15, -0.1) is 0 Å². The number of rotatable bonds is 2. The Morgan fingerprint density at radius 3 is 2.23 bits per heavy atom. The van der Waals surface area contributed by atoms with Crippen molar-refractivity contribution in [2.75, 3.05) is 0 Å². The van der Waals surface area contributed by atoms with Gasteiger partial charge in [0.15, 0.2) is 0 Å². The van der Waals surface area contributed by atoms with Crippen molar-refractivity contribution in [1.29, 1.82) is 0 Å². The van der Waals surface area contributed by atoms with E-state index in [2.05, 4.69) is 48.5 Å². The topological polar surface area (TPSA) is 26.0 Å². The summed E-state index contributed by atoms with van der Waals surface area (Å²) in [6.07, 6.45) is 0.759. The normalized spacial score (nSPS) is 10.1. The average Bonchev–Trinajstić information content (AvgIpc) is 1.98. The molecular weight excluding hydrogens is 226 g/mol. The molecule has 2 heteroatoms. The van der Waals surface area contributed by atoms with Crippen LogP contribution in [0.2, 0.25) is 0 Å². The molecule has 1 aromatic rings. The Morgan fingerprint density at radius 2 is 1.85 bits per heavy atom. The standard InChI is InChI=1S/C11H14BrN/c1-7-4-10(6-9(3)13)5-8(2)11(7)12/h4-5H,3,6,13H2,1-2H3. The maximum Gasteiger partial charge on any atom is 0.0233 e. The van der Waals surface area contributed by atoms with Gasteiger partial charge >= 0.3 is 0 Å². The fraction of sp³-hybridized carbons (Fsp3) is 0.273. The van der Waals surface area contributed by atoms with Gasteiger partial charge in [0.1, 0.15) is 0 Å². The van der Waals surface area contributed by atoms with Gasteiger partial charge in [-0.25, -0.2) is 0 Å². The van der Waals surface area contributed by atoms with E-state index in [0.29, 0.717) is 5.70 Å². The zero-order chi connectivity index (χ0) is 10.0. The van der Waals surface area contributed by atoms with Crippen LogP contribution < -0.4 is 5.73 Å². The number of nitrogens with two attached hydrogens (primary N) is 1. The Hall–Kier alpha value is -0.760. The van der Waals surface area contributed by atoms with E-state index < -0.39 is 0 Å². The first-order chi connectivity index (χ1) is 6.00. The fourth-order valence-electron chi connectivity index (χ4n) is 1.40. The van der Waals surface area contributed by atoms with E-state index in [4.69, 9.17) is 5.73 Å². The van der Waals surface area contributed by atoms with Crippen LogP contribution in [0.3, 0.4) is 0 Å². The molecule has 0 bridgehead atoms. The Bertz CT molecular complexity index is 319. The van der Waals surface area contributed by atoms with Gasteiger partial charge in [-0.2, -0.15) is 0 Å². The van der Waals surface area contributed by atoms with Gasteiger partial charge in [0.2, 0.25) is 0 Å². The summed E-state index contributed by atoms with van der Waals surface area (Å²) in [7, 11) is 0. The summed E-state index contributed by atoms with van der Waals surface area (Å²) >= 11 is 3.53. The summed E-state index contributed by atoms with van der Waals surface area (Å²) in [5.41, 5.74) is 9.99. The van der Waals surface area contributed by atoms with Crippen molar-refractivity contribution < 1.29 is 0 Å². The van der Waals surface area contributed by atoms with Gasteiger partial charge in [-0.05, 0) is 30.5 Å². The highest BCUT2D eigenvalue weighted by Crippen LogP contribution is 2.23. The summed E-state index contributed by atoms with van der Waals surface area (Å²) in [6.45, 7) is 7.86. The van der Waals surface area contributed by atoms with Crippen molar-refractivity contribution in [3.63, 3.8) is 0 Å². The van der Waals surface area contributed by atoms with E-state index in [0.717, 1.165) is 6.42 Å². The van der Waals surface area contributed by atoms with Crippen molar-refractivity contribution in [1.82, 2.24) is 0 Å². The maximum atomic E-state index is 5.56. The molecule has 0 spiro atoms. The fourth-order valence-corrected chi connectivity index (χ4v) is 1.63. The average molecular weight is 240 g/mol. The maximum absolute atomic E-state index is 5.56. The first-order valence-electron chi connectivity index (χ1n) is 4.19. The van der Waals surface area contributed by atoms with Gasteiger partial charge in [-0.3, -0.25) is 0 Å². The SMILES string of the molecule is C=C(N)Cc1cc(C)c(Br)c(C)c1. The molecule has 0 aliphatic heterocycles. The molecule has 0 aliphatic rings. The molecule has 0 fully saturated rings. The quantitative estimate of drug-likeness (QED) is 0.844. The first-order valence-corrected chi connectivity index (χ1v) is 4.99. The lowest BCUT2D eigenvalue weighted by Crippen LogP contribution is -2.00. The van der Waals surface area contributed by atoms with Crippen LogP contribution in [0, 0.1) is 13.8 Å². The van der Waals surface area contributed by atoms with Crippen molar-refractivity contribution in [3.05, 3.63) is 45.6 Å². The Kier molecular flexibility index (Phi) is 3.15. The highest BCUT2D eigenvalue weighted by atomic mass is 79.9. The monoisotopic (exact) mass is 239 g/mol. The van der Waals surface area contributed by atoms with E-state index in [1.165, 1.54) is 21.2 Å². The molecule has 13 heavy (non-hydrogen) atoms. The number of benzene rings is 1. The Balaban J connectivity index is 3.06. The summed E-state index contributed by atoms with van der Waals surface area (Å²) in [6, 6.07) is 4.27. The summed E-state index contributed by atoms with van der Waals surface area (Å²) in [5.74, 6) is 0. The van der Waals surface area contributed by atoms with Gasteiger partial charge in [0.05, 0.1) is 0 Å². The highest BCUT2D eigenvalue weighted by Gasteiger charge is 2.02. The Morgan fingerprint density at radius 1 is 1.38 bits per heavy atom. The van der Waals surface area contributed by atoms with E-state index in [9.17, 15) is 0 Å². The van der Waals surface area contributed by atoms with Crippen molar-refractivity contribution in [2.45, 2.75) is 20.3 Å². The molecule has 0 heterocycles. The molecular formula is C11H14BrN. The number of halogens is 1. The van der Waals surface area contributed by atoms with Gasteiger partial charge in [-0.1, -0.05) is 34.6 Å². The molecule has 1 rings (SSSR count). The molecule has 0 saturated heterocycles. The van der Waals surface area contributed by atoms with Crippen molar-refractivity contribution in [3.8, 4) is 0 Å². The summed E-state index contributed by atoms with van der Waals surface area (Å²) in [5, 5.41) is 0. The molecule has 0 saturated carbocycles. The largest absolute Gasteiger partial charge is 0.402 e. The van der Waals surface area contributed by atoms with Crippen LogP contribution in [0.25, 0.3) is 0 Å². The minimum atomic E-state index is 0.709. The molecule has 0 aliphatic carbocycles. The lowest BCUT2D eigenvalue weighted by Gasteiger charge is -2.07. The molecule has 2 N–H and O–H groups in total. The van der Waals surface area contributed by atoms with E-state index in [1.54, 1.807) is 0 Å². The highest BCUT2D eigenvalue weighted by molar-refractivity contribution is 9.10. The summed E-state index contributed by atoms with van der Waals surface area (Å²) in [4.78, 5) is 0. The summed E-state index contributed by atoms with van der Waals surface area (Å²) < 4.78 is 1.18. The number of hydrogen-bond acceptors (Lipinski definition) is 1. The predicted molar refractivity (Wildman–Crippen MR) is 60.6 cm³/mol. The second-order valence-electron chi connectivity index (χ2n) is 3.38. The molecule has 0 radical (unpaired) electrons. The second kappa shape index (κ2) is 3.97. The lowest BCUT2D eigenvalue weighted by atomic mass is 10.0. The minimum Gasteiger partial charge on any atom is -0.402 e. The zero-order valence-electron chi connectivity index (χ0n) is 8.02. The van der Waals surface area contributed by atoms with Crippen LogP contribution in [0.15, 0.2) is 28.9 Å². The number of hydrogen-bond donors (Lipinski definition) is 1. The van der Waals surface area contributed by atoms with E-state index in [1.807, 2.05) is 0 Å². The first kappa shape index (κ1) is 10.3. The number of aryl methyl sites for hydroxylation is 2. The third-order valence-electron chi connectivity index (χ3n) is 1.93. The van der Waals surface area contributed by atoms with Crippen LogP contribution in [0.5, 0.6) is 0 Å². The molecule has 70 valence electrons. The van der Waals surface area contributed by atoms with Gasteiger partial charge in [0, 0.05) is 16.6 Å². The minimum absolute atomic E-state index is 0.709. The van der Waals surface area contributed by atoms with Crippen LogP contribution in [-0.4, -0.2) is 0 Å². The van der Waals surface area contributed by atoms with Crippen LogP contribution in [0.1, 0.15) is 16.7 Å². The second-order valence-corrected chi connectivity index (χ2v) is 4.17. The van der Waals surface area contributed by atoms with Gasteiger partial charge in [0.25, 0.3) is 0 Å². The zero-order valence-corrected chi connectivity index (χ0v) is 9.61. The molecule has 0 aromatic heterocycles. The lowest BCUT2D eigenvalue weighted by molar-refractivity contribution is 1.10. The smallest absolute Gasteiger partial charge is 0.0233 e. The number of allylic oxidation sites excluding steroid dienone is 1. The van der Waals surface area contributed by atoms with Crippen LogP contribution >= 0.6 is 15.9 Å². The van der Waals surface area contributed by atoms with Crippen LogP contribution in [-0.2, 0) is 6.42 Å². The molecule has 1 aromatic carbocycles. The molecule has 0 atom stereocenters. The predicted octanol–water partition coefficient (Wildman–Crippen LogP) is 3.08. The molecule has 0 amide bonds. The molecule has 1 nitrogen and oxygen atoms in total. The third-order valence-corrected chi connectivity index (χ3v) is 3.18. The van der Waals surface area contributed by atoms with E-state index >= 15 is 0 Å². The van der Waals surface area contributed by atoms with Crippen molar-refractivity contribution in [2.24, 2.45) is 5.73 Å². The van der Waals surface area contributed by atoms with E-state index in [-0.39, 0.29) is 0 Å². The van der Waals surface area contributed by atoms with Crippen molar-refractivity contribution >= 4 is 15.9 Å². The Labute approximate surface area is 87.8 Å². The van der Waals surface area contributed by atoms with Gasteiger partial charge < -0.3 is 5.73 Å². The third kappa shape index (κ3) is 2.59. The molecule has 0 unspecified atom stereocenters.